The van der Waals surface area contributed by atoms with Gasteiger partial charge in [0.1, 0.15) is 11.6 Å². The van der Waals surface area contributed by atoms with Crippen LogP contribution in [0.25, 0.3) is 10.9 Å². The van der Waals surface area contributed by atoms with Gasteiger partial charge in [0.2, 0.25) is 0 Å². The van der Waals surface area contributed by atoms with Crippen LogP contribution in [0, 0.1) is 17.2 Å². The topological polar surface area (TPSA) is 57.9 Å². The van der Waals surface area contributed by atoms with Gasteiger partial charge in [-0.25, -0.2) is 4.98 Å². The highest BCUT2D eigenvalue weighted by molar-refractivity contribution is 5.81. The van der Waals surface area contributed by atoms with E-state index in [0.717, 1.165) is 0 Å². The van der Waals surface area contributed by atoms with Crippen LogP contribution in [-0.2, 0) is 0 Å². The molecule has 7 heteroatoms. The molecule has 2 aromatic rings. The number of aromatic nitrogens is 1. The molecule has 4 nitrogen and oxygen atoms in total. The number of nitriles is 1. The summed E-state index contributed by atoms with van der Waals surface area (Å²) in [4.78, 5) is 4.33. The molecule has 1 N–H and O–H groups in total. The maximum Gasteiger partial charge on any atom is 0.422 e. The van der Waals surface area contributed by atoms with Crippen LogP contribution in [0.4, 0.5) is 19.0 Å². The maximum atomic E-state index is 12.1. The summed E-state index contributed by atoms with van der Waals surface area (Å²) < 4.78 is 41.1. The van der Waals surface area contributed by atoms with E-state index in [1.54, 1.807) is 25.1 Å². The maximum absolute atomic E-state index is 12.1. The molecule has 2 rings (SSSR count). The molecule has 1 aromatic heterocycles. The van der Waals surface area contributed by atoms with E-state index in [-0.39, 0.29) is 11.7 Å². The number of alkyl halides is 3. The van der Waals surface area contributed by atoms with E-state index >= 15 is 0 Å². The number of hydrogen-bond donors (Lipinski definition) is 1. The zero-order valence-electron chi connectivity index (χ0n) is 11.8. The molecule has 0 radical (unpaired) electrons. The number of benzene rings is 1. The summed E-state index contributed by atoms with van der Waals surface area (Å²) in [6, 6.07) is 10.1. The first kappa shape index (κ1) is 15.9. The SMILES string of the molecule is CC(C#N)CNc1ccc2cc(OCC(F)(F)F)ccc2n1. The summed E-state index contributed by atoms with van der Waals surface area (Å²) in [6.45, 7) is 0.942. The molecule has 0 fully saturated rings. The van der Waals surface area contributed by atoms with Gasteiger partial charge < -0.3 is 10.1 Å². The van der Waals surface area contributed by atoms with Gasteiger partial charge in [0, 0.05) is 11.9 Å². The van der Waals surface area contributed by atoms with E-state index < -0.39 is 12.8 Å². The lowest BCUT2D eigenvalue weighted by atomic mass is 10.2. The Labute approximate surface area is 125 Å². The third-order valence-corrected chi connectivity index (χ3v) is 2.87. The molecule has 1 aromatic carbocycles. The van der Waals surface area contributed by atoms with Crippen LogP contribution in [-0.4, -0.2) is 24.3 Å². The van der Waals surface area contributed by atoms with Crippen LogP contribution in [0.2, 0.25) is 0 Å². The van der Waals surface area contributed by atoms with Crippen molar-refractivity contribution in [3.63, 3.8) is 0 Å². The van der Waals surface area contributed by atoms with Crippen LogP contribution in [0.5, 0.6) is 5.75 Å². The number of pyridine rings is 1. The minimum Gasteiger partial charge on any atom is -0.484 e. The average molecular weight is 309 g/mol. The standard InChI is InChI=1S/C15H14F3N3O/c1-10(7-19)8-20-14-5-2-11-6-12(3-4-13(11)21-14)22-9-15(16,17)18/h2-6,10H,8-9H2,1H3,(H,20,21). The third-order valence-electron chi connectivity index (χ3n) is 2.87. The predicted octanol–water partition coefficient (Wildman–Crippen LogP) is 3.75. The summed E-state index contributed by atoms with van der Waals surface area (Å²) in [6.07, 6.45) is -4.36. The number of ether oxygens (including phenoxy) is 1. The molecule has 0 saturated carbocycles. The Bertz CT molecular complexity index is 694. The van der Waals surface area contributed by atoms with Crippen molar-refractivity contribution in [1.82, 2.24) is 4.98 Å². The highest BCUT2D eigenvalue weighted by atomic mass is 19.4. The number of nitrogens with zero attached hydrogens (tertiary/aromatic N) is 2. The van der Waals surface area contributed by atoms with Crippen molar-refractivity contribution in [3.05, 3.63) is 30.3 Å². The van der Waals surface area contributed by atoms with Crippen molar-refractivity contribution in [2.24, 2.45) is 5.92 Å². The second-order valence-electron chi connectivity index (χ2n) is 4.87. The number of anilines is 1. The van der Waals surface area contributed by atoms with Gasteiger partial charge >= 0.3 is 6.18 Å². The quantitative estimate of drug-likeness (QED) is 0.914. The van der Waals surface area contributed by atoms with E-state index in [0.29, 0.717) is 23.3 Å². The Morgan fingerprint density at radius 3 is 2.77 bits per heavy atom. The van der Waals surface area contributed by atoms with Gasteiger partial charge in [0.15, 0.2) is 6.61 Å². The number of fused-ring (bicyclic) bond motifs is 1. The Hall–Kier alpha value is -2.49. The van der Waals surface area contributed by atoms with Crippen molar-refractivity contribution in [1.29, 1.82) is 5.26 Å². The highest BCUT2D eigenvalue weighted by Crippen LogP contribution is 2.23. The van der Waals surface area contributed by atoms with Gasteiger partial charge in [-0.3, -0.25) is 0 Å². The van der Waals surface area contributed by atoms with Gasteiger partial charge in [0.25, 0.3) is 0 Å². The van der Waals surface area contributed by atoms with Crippen molar-refractivity contribution in [2.45, 2.75) is 13.1 Å². The molecule has 0 saturated heterocycles. The molecule has 1 unspecified atom stereocenters. The van der Waals surface area contributed by atoms with Crippen LogP contribution in [0.3, 0.4) is 0 Å². The fourth-order valence-electron chi connectivity index (χ4n) is 1.76. The zero-order valence-corrected chi connectivity index (χ0v) is 11.8. The number of nitrogens with one attached hydrogen (secondary N) is 1. The number of rotatable bonds is 5. The van der Waals surface area contributed by atoms with E-state index in [1.807, 2.05) is 0 Å². The minimum absolute atomic E-state index is 0.143. The van der Waals surface area contributed by atoms with E-state index in [4.69, 9.17) is 10.00 Å². The lowest BCUT2D eigenvalue weighted by Gasteiger charge is -2.10. The number of hydrogen-bond acceptors (Lipinski definition) is 4. The van der Waals surface area contributed by atoms with Gasteiger partial charge in [-0.15, -0.1) is 0 Å². The Morgan fingerprint density at radius 1 is 1.32 bits per heavy atom. The Morgan fingerprint density at radius 2 is 2.09 bits per heavy atom. The molecule has 0 aliphatic heterocycles. The Kier molecular flexibility index (Phi) is 4.71. The molecule has 0 spiro atoms. The fraction of sp³-hybridized carbons (Fsp3) is 0.333. The molecular weight excluding hydrogens is 295 g/mol. The Balaban J connectivity index is 2.10. The smallest absolute Gasteiger partial charge is 0.422 e. The average Bonchev–Trinajstić information content (AvgIpc) is 2.49. The monoisotopic (exact) mass is 309 g/mol. The minimum atomic E-state index is -4.36. The molecular formula is C15H14F3N3O. The van der Waals surface area contributed by atoms with Crippen LogP contribution < -0.4 is 10.1 Å². The van der Waals surface area contributed by atoms with E-state index in [9.17, 15) is 13.2 Å². The highest BCUT2D eigenvalue weighted by Gasteiger charge is 2.28. The molecule has 1 atom stereocenters. The molecule has 0 bridgehead atoms. The summed E-state index contributed by atoms with van der Waals surface area (Å²) in [5.41, 5.74) is 0.633. The van der Waals surface area contributed by atoms with Gasteiger partial charge in [-0.2, -0.15) is 18.4 Å². The van der Waals surface area contributed by atoms with Gasteiger partial charge in [0.05, 0.1) is 17.5 Å². The van der Waals surface area contributed by atoms with E-state index in [2.05, 4.69) is 16.4 Å². The molecule has 0 aliphatic rings. The largest absolute Gasteiger partial charge is 0.484 e. The zero-order chi connectivity index (χ0) is 16.2. The van der Waals surface area contributed by atoms with Gasteiger partial charge in [-0.05, 0) is 37.3 Å². The predicted molar refractivity (Wildman–Crippen MR) is 76.6 cm³/mol. The fourth-order valence-corrected chi connectivity index (χ4v) is 1.76. The summed E-state index contributed by atoms with van der Waals surface area (Å²) >= 11 is 0. The first-order chi connectivity index (χ1) is 10.4. The second-order valence-corrected chi connectivity index (χ2v) is 4.87. The molecule has 0 amide bonds. The van der Waals surface area contributed by atoms with Crippen molar-refractivity contribution in [3.8, 4) is 11.8 Å². The first-order valence-electron chi connectivity index (χ1n) is 6.61. The second kappa shape index (κ2) is 6.52. The molecule has 22 heavy (non-hydrogen) atoms. The lowest BCUT2D eigenvalue weighted by molar-refractivity contribution is -0.153. The van der Waals surface area contributed by atoms with Gasteiger partial charge in [-0.1, -0.05) is 0 Å². The first-order valence-corrected chi connectivity index (χ1v) is 6.61. The van der Waals surface area contributed by atoms with Crippen molar-refractivity contribution < 1.29 is 17.9 Å². The third kappa shape index (κ3) is 4.52. The van der Waals surface area contributed by atoms with Crippen molar-refractivity contribution in [2.75, 3.05) is 18.5 Å². The van der Waals surface area contributed by atoms with Crippen LogP contribution in [0.15, 0.2) is 30.3 Å². The molecule has 0 aliphatic carbocycles. The lowest BCUT2D eigenvalue weighted by Crippen LogP contribution is -2.19. The van der Waals surface area contributed by atoms with Crippen LogP contribution in [0.1, 0.15) is 6.92 Å². The molecule has 116 valence electrons. The van der Waals surface area contributed by atoms with Crippen molar-refractivity contribution >= 4 is 16.7 Å². The summed E-state index contributed by atoms with van der Waals surface area (Å²) in [5.74, 6) is 0.611. The number of halogens is 3. The molecule has 1 heterocycles. The van der Waals surface area contributed by atoms with Crippen LogP contribution >= 0.6 is 0 Å². The van der Waals surface area contributed by atoms with E-state index in [1.165, 1.54) is 12.1 Å². The summed E-state index contributed by atoms with van der Waals surface area (Å²) in [5, 5.41) is 12.4. The normalized spacial score (nSPS) is 12.7. The summed E-state index contributed by atoms with van der Waals surface area (Å²) in [7, 11) is 0.